The summed E-state index contributed by atoms with van der Waals surface area (Å²) in [4.78, 5) is 32.9. The van der Waals surface area contributed by atoms with Crippen LogP contribution in [-0.2, 0) is 6.73 Å². The SMILES string of the molecule is O=C(NC(CO)C(O)c1ccc([N+](=O)[O-])cc1)c1ccn(COc2ccc([N+](=O)[O-])cc2Cl)n1. The van der Waals surface area contributed by atoms with Gasteiger partial charge < -0.3 is 20.3 Å². The van der Waals surface area contributed by atoms with E-state index >= 15 is 0 Å². The predicted molar refractivity (Wildman–Crippen MR) is 117 cm³/mol. The summed E-state index contributed by atoms with van der Waals surface area (Å²) < 4.78 is 6.73. The molecule has 34 heavy (non-hydrogen) atoms. The molecule has 0 spiro atoms. The van der Waals surface area contributed by atoms with Gasteiger partial charge in [0.2, 0.25) is 0 Å². The van der Waals surface area contributed by atoms with E-state index in [9.17, 15) is 35.2 Å². The number of halogens is 1. The summed E-state index contributed by atoms with van der Waals surface area (Å²) in [5.41, 5.74) is -0.121. The highest BCUT2D eigenvalue weighted by atomic mass is 35.5. The Morgan fingerprint density at radius 2 is 1.76 bits per heavy atom. The number of carbonyl (C=O) groups excluding carboxylic acids is 1. The molecule has 0 saturated carbocycles. The normalized spacial score (nSPS) is 12.6. The van der Waals surface area contributed by atoms with Crippen molar-refractivity contribution < 1.29 is 29.6 Å². The summed E-state index contributed by atoms with van der Waals surface area (Å²) in [6, 6.07) is 9.04. The van der Waals surface area contributed by atoms with Crippen molar-refractivity contribution in [1.29, 1.82) is 0 Å². The molecule has 14 heteroatoms. The summed E-state index contributed by atoms with van der Waals surface area (Å²) in [7, 11) is 0. The lowest BCUT2D eigenvalue weighted by Gasteiger charge is -2.22. The van der Waals surface area contributed by atoms with Crippen molar-refractivity contribution in [2.75, 3.05) is 6.61 Å². The average molecular weight is 492 g/mol. The second-order valence-corrected chi connectivity index (χ2v) is 7.35. The summed E-state index contributed by atoms with van der Waals surface area (Å²) in [5.74, 6) is -0.507. The fourth-order valence-corrected chi connectivity index (χ4v) is 3.13. The summed E-state index contributed by atoms with van der Waals surface area (Å²) in [6.45, 7) is -0.758. The number of nitro groups is 2. The number of benzene rings is 2. The van der Waals surface area contributed by atoms with E-state index in [4.69, 9.17) is 16.3 Å². The Morgan fingerprint density at radius 1 is 1.12 bits per heavy atom. The molecule has 1 heterocycles. The highest BCUT2D eigenvalue weighted by Gasteiger charge is 2.24. The Balaban J connectivity index is 1.61. The van der Waals surface area contributed by atoms with Crippen LogP contribution in [0.3, 0.4) is 0 Å². The van der Waals surface area contributed by atoms with Gasteiger partial charge in [0, 0.05) is 30.5 Å². The Kier molecular flexibility index (Phi) is 7.73. The molecule has 1 amide bonds. The third-order valence-electron chi connectivity index (χ3n) is 4.69. The van der Waals surface area contributed by atoms with Crippen LogP contribution in [0, 0.1) is 20.2 Å². The topological polar surface area (TPSA) is 183 Å². The number of hydrogen-bond donors (Lipinski definition) is 3. The molecular formula is C20H18ClN5O8. The van der Waals surface area contributed by atoms with Crippen molar-refractivity contribution in [2.45, 2.75) is 18.9 Å². The number of aromatic nitrogens is 2. The number of ether oxygens (including phenoxy) is 1. The molecule has 0 fully saturated rings. The number of carbonyl (C=O) groups is 1. The van der Waals surface area contributed by atoms with Crippen LogP contribution in [0.2, 0.25) is 5.02 Å². The monoisotopic (exact) mass is 491 g/mol. The molecule has 0 bridgehead atoms. The van der Waals surface area contributed by atoms with Crippen molar-refractivity contribution in [1.82, 2.24) is 15.1 Å². The van der Waals surface area contributed by atoms with Crippen LogP contribution in [0.5, 0.6) is 5.75 Å². The molecule has 13 nitrogen and oxygen atoms in total. The van der Waals surface area contributed by atoms with Gasteiger partial charge in [-0.1, -0.05) is 11.6 Å². The first-order valence-corrected chi connectivity index (χ1v) is 10.0. The van der Waals surface area contributed by atoms with Gasteiger partial charge in [0.05, 0.1) is 27.5 Å². The minimum atomic E-state index is -1.33. The summed E-state index contributed by atoms with van der Waals surface area (Å²) in [6.07, 6.45) is 0.110. The van der Waals surface area contributed by atoms with Crippen molar-refractivity contribution in [2.24, 2.45) is 0 Å². The molecule has 2 unspecified atom stereocenters. The Bertz CT molecular complexity index is 1200. The standard InChI is InChI=1S/C20H18ClN5O8/c21-15-9-14(26(32)33)5-6-18(15)34-11-24-8-7-16(23-24)20(29)22-17(10-27)19(28)12-1-3-13(4-2-12)25(30)31/h1-9,17,19,27-28H,10-11H2,(H,22,29). The lowest BCUT2D eigenvalue weighted by atomic mass is 10.0. The second kappa shape index (κ2) is 10.7. The number of nitro benzene ring substituents is 2. The number of non-ortho nitro benzene ring substituents is 2. The third kappa shape index (κ3) is 5.83. The van der Waals surface area contributed by atoms with Crippen molar-refractivity contribution in [3.63, 3.8) is 0 Å². The van der Waals surface area contributed by atoms with E-state index in [-0.39, 0.29) is 40.1 Å². The number of aliphatic hydroxyl groups excluding tert-OH is 2. The second-order valence-electron chi connectivity index (χ2n) is 6.94. The zero-order chi connectivity index (χ0) is 24.8. The van der Waals surface area contributed by atoms with E-state index in [1.165, 1.54) is 53.3 Å². The largest absolute Gasteiger partial charge is 0.470 e. The summed E-state index contributed by atoms with van der Waals surface area (Å²) in [5, 5.41) is 48.1. The van der Waals surface area contributed by atoms with Crippen LogP contribution < -0.4 is 10.1 Å². The Labute approximate surface area is 196 Å². The summed E-state index contributed by atoms with van der Waals surface area (Å²) >= 11 is 5.97. The minimum Gasteiger partial charge on any atom is -0.470 e. The third-order valence-corrected chi connectivity index (χ3v) is 4.99. The molecule has 0 aliphatic rings. The van der Waals surface area contributed by atoms with Crippen LogP contribution in [0.1, 0.15) is 22.2 Å². The maximum absolute atomic E-state index is 12.5. The van der Waals surface area contributed by atoms with Gasteiger partial charge in [-0.2, -0.15) is 5.10 Å². The van der Waals surface area contributed by atoms with E-state index in [0.717, 1.165) is 6.07 Å². The molecule has 0 saturated heterocycles. The van der Waals surface area contributed by atoms with Crippen LogP contribution in [-0.4, -0.2) is 48.4 Å². The molecule has 0 radical (unpaired) electrons. The number of hydrogen-bond acceptors (Lipinski definition) is 9. The van der Waals surface area contributed by atoms with Gasteiger partial charge in [-0.25, -0.2) is 4.68 Å². The van der Waals surface area contributed by atoms with Crippen molar-refractivity contribution in [3.05, 3.63) is 91.2 Å². The predicted octanol–water partition coefficient (Wildman–Crippen LogP) is 2.21. The zero-order valence-electron chi connectivity index (χ0n) is 17.3. The quantitative estimate of drug-likeness (QED) is 0.282. The van der Waals surface area contributed by atoms with Crippen LogP contribution in [0.25, 0.3) is 0 Å². The van der Waals surface area contributed by atoms with Gasteiger partial charge in [-0.05, 0) is 29.8 Å². The highest BCUT2D eigenvalue weighted by Crippen LogP contribution is 2.28. The van der Waals surface area contributed by atoms with E-state index in [0.29, 0.717) is 0 Å². The first kappa shape index (κ1) is 24.6. The maximum atomic E-state index is 12.5. The lowest BCUT2D eigenvalue weighted by molar-refractivity contribution is -0.385. The van der Waals surface area contributed by atoms with Gasteiger partial charge in [-0.15, -0.1) is 0 Å². The number of aliphatic hydroxyl groups is 2. The Morgan fingerprint density at radius 3 is 2.35 bits per heavy atom. The van der Waals surface area contributed by atoms with E-state index in [2.05, 4.69) is 10.4 Å². The van der Waals surface area contributed by atoms with Crippen molar-refractivity contribution in [3.8, 4) is 5.75 Å². The molecule has 3 rings (SSSR count). The van der Waals surface area contributed by atoms with E-state index in [1.54, 1.807) is 0 Å². The van der Waals surface area contributed by atoms with Crippen LogP contribution >= 0.6 is 11.6 Å². The zero-order valence-corrected chi connectivity index (χ0v) is 18.0. The number of nitrogens with zero attached hydrogens (tertiary/aromatic N) is 4. The lowest BCUT2D eigenvalue weighted by Crippen LogP contribution is -2.42. The number of rotatable bonds is 10. The van der Waals surface area contributed by atoms with Gasteiger partial charge >= 0.3 is 0 Å². The fourth-order valence-electron chi connectivity index (χ4n) is 2.90. The number of nitrogens with one attached hydrogen (secondary N) is 1. The number of amides is 1. The van der Waals surface area contributed by atoms with Crippen molar-refractivity contribution >= 4 is 28.9 Å². The maximum Gasteiger partial charge on any atom is 0.272 e. The molecule has 1 aromatic heterocycles. The molecular weight excluding hydrogens is 474 g/mol. The molecule has 3 N–H and O–H groups in total. The van der Waals surface area contributed by atoms with Crippen LogP contribution in [0.4, 0.5) is 11.4 Å². The first-order valence-electron chi connectivity index (χ1n) is 9.64. The van der Waals surface area contributed by atoms with Gasteiger partial charge in [-0.3, -0.25) is 25.0 Å². The van der Waals surface area contributed by atoms with Crippen LogP contribution in [0.15, 0.2) is 54.7 Å². The van der Waals surface area contributed by atoms with E-state index in [1.807, 2.05) is 0 Å². The van der Waals surface area contributed by atoms with Gasteiger partial charge in [0.25, 0.3) is 17.3 Å². The minimum absolute atomic E-state index is 0.0327. The molecule has 0 aliphatic heterocycles. The smallest absolute Gasteiger partial charge is 0.272 e. The van der Waals surface area contributed by atoms with E-state index < -0.39 is 34.5 Å². The fraction of sp³-hybridized carbons (Fsp3) is 0.200. The average Bonchev–Trinajstić information content (AvgIpc) is 3.30. The molecule has 0 aliphatic carbocycles. The highest BCUT2D eigenvalue weighted by molar-refractivity contribution is 6.32. The Hall–Kier alpha value is -4.07. The van der Waals surface area contributed by atoms with Gasteiger partial charge in [0.15, 0.2) is 6.73 Å². The first-order chi connectivity index (χ1) is 16.2. The molecule has 3 aromatic rings. The molecule has 2 aromatic carbocycles. The molecule has 178 valence electrons. The van der Waals surface area contributed by atoms with Gasteiger partial charge in [0.1, 0.15) is 17.5 Å². The molecule has 2 atom stereocenters.